The summed E-state index contributed by atoms with van der Waals surface area (Å²) in [7, 11) is 0. The van der Waals surface area contributed by atoms with Crippen LogP contribution in [0.1, 0.15) is 5.56 Å². The lowest BCUT2D eigenvalue weighted by Gasteiger charge is -2.07. The molecule has 0 radical (unpaired) electrons. The zero-order valence-electron chi connectivity index (χ0n) is 8.56. The van der Waals surface area contributed by atoms with Gasteiger partial charge in [-0.1, -0.05) is 28.1 Å². The highest BCUT2D eigenvalue weighted by Gasteiger charge is 2.01. The largest absolute Gasteiger partial charge is 0.471 e. The van der Waals surface area contributed by atoms with Gasteiger partial charge in [0.15, 0.2) is 0 Å². The fraction of sp³-hybridized carbons (Fsp3) is 0.0833. The first-order valence-electron chi connectivity index (χ1n) is 4.83. The Bertz CT molecular complexity index is 488. The van der Waals surface area contributed by atoms with Crippen LogP contribution in [0.4, 0.5) is 5.69 Å². The Morgan fingerprint density at radius 2 is 2.12 bits per heavy atom. The minimum Gasteiger partial charge on any atom is -0.471 e. The van der Waals surface area contributed by atoms with Crippen LogP contribution >= 0.6 is 15.9 Å². The van der Waals surface area contributed by atoms with Crippen molar-refractivity contribution in [3.05, 3.63) is 52.6 Å². The highest BCUT2D eigenvalue weighted by Crippen LogP contribution is 2.18. The van der Waals surface area contributed by atoms with Crippen molar-refractivity contribution < 1.29 is 4.74 Å². The molecule has 1 heterocycles. The second kappa shape index (κ2) is 4.99. The van der Waals surface area contributed by atoms with E-state index in [1.807, 2.05) is 24.3 Å². The highest BCUT2D eigenvalue weighted by atomic mass is 79.9. The number of nitrogen functional groups attached to an aromatic ring is 1. The second-order valence-electron chi connectivity index (χ2n) is 3.32. The fourth-order valence-electron chi connectivity index (χ4n) is 1.30. The van der Waals surface area contributed by atoms with E-state index < -0.39 is 0 Å². The molecular weight excluding hydrogens is 268 g/mol. The van der Waals surface area contributed by atoms with Gasteiger partial charge in [0.1, 0.15) is 6.61 Å². The maximum Gasteiger partial charge on any atom is 0.237 e. The van der Waals surface area contributed by atoms with Crippen molar-refractivity contribution in [2.75, 3.05) is 5.73 Å². The van der Waals surface area contributed by atoms with Gasteiger partial charge in [0.2, 0.25) is 5.88 Å². The van der Waals surface area contributed by atoms with Crippen LogP contribution in [0, 0.1) is 0 Å². The molecule has 2 aromatic rings. The predicted molar refractivity (Wildman–Crippen MR) is 67.1 cm³/mol. The van der Waals surface area contributed by atoms with Gasteiger partial charge >= 0.3 is 0 Å². The summed E-state index contributed by atoms with van der Waals surface area (Å²) >= 11 is 3.41. The Kier molecular flexibility index (Phi) is 3.41. The molecule has 4 heteroatoms. The quantitative estimate of drug-likeness (QED) is 0.939. The number of benzene rings is 1. The van der Waals surface area contributed by atoms with E-state index in [-0.39, 0.29) is 0 Å². The standard InChI is InChI=1S/C12H11BrN2O/c13-10-4-1-3-9(7-10)8-16-12-11(14)5-2-6-15-12/h1-7H,8,14H2. The lowest BCUT2D eigenvalue weighted by atomic mass is 10.2. The van der Waals surface area contributed by atoms with Gasteiger partial charge in [0.25, 0.3) is 0 Å². The molecule has 0 atom stereocenters. The Labute approximate surface area is 102 Å². The third-order valence-corrected chi connectivity index (χ3v) is 2.56. The number of ether oxygens (including phenoxy) is 1. The normalized spacial score (nSPS) is 10.1. The predicted octanol–water partition coefficient (Wildman–Crippen LogP) is 3.01. The topological polar surface area (TPSA) is 48.1 Å². The van der Waals surface area contributed by atoms with Crippen LogP contribution in [0.3, 0.4) is 0 Å². The van der Waals surface area contributed by atoms with Crippen LogP contribution in [0.2, 0.25) is 0 Å². The smallest absolute Gasteiger partial charge is 0.237 e. The molecule has 0 bridgehead atoms. The number of hydrogen-bond acceptors (Lipinski definition) is 3. The molecule has 0 fully saturated rings. The van der Waals surface area contributed by atoms with E-state index in [9.17, 15) is 0 Å². The van der Waals surface area contributed by atoms with E-state index >= 15 is 0 Å². The van der Waals surface area contributed by atoms with E-state index in [4.69, 9.17) is 10.5 Å². The second-order valence-corrected chi connectivity index (χ2v) is 4.23. The molecule has 0 aliphatic carbocycles. The van der Waals surface area contributed by atoms with Crippen molar-refractivity contribution in [1.82, 2.24) is 4.98 Å². The van der Waals surface area contributed by atoms with E-state index in [2.05, 4.69) is 20.9 Å². The molecule has 1 aromatic carbocycles. The number of rotatable bonds is 3. The van der Waals surface area contributed by atoms with Gasteiger partial charge in [-0.25, -0.2) is 4.98 Å². The molecule has 1 aromatic heterocycles. The Morgan fingerprint density at radius 1 is 1.25 bits per heavy atom. The number of nitrogens with two attached hydrogens (primary N) is 1. The number of halogens is 1. The Hall–Kier alpha value is -1.55. The number of hydrogen-bond donors (Lipinski definition) is 1. The zero-order valence-corrected chi connectivity index (χ0v) is 10.1. The van der Waals surface area contributed by atoms with E-state index in [1.165, 1.54) is 0 Å². The van der Waals surface area contributed by atoms with Crippen molar-refractivity contribution in [2.24, 2.45) is 0 Å². The van der Waals surface area contributed by atoms with E-state index in [0.29, 0.717) is 18.2 Å². The van der Waals surface area contributed by atoms with Gasteiger partial charge in [0.05, 0.1) is 5.69 Å². The van der Waals surface area contributed by atoms with Crippen molar-refractivity contribution in [1.29, 1.82) is 0 Å². The van der Waals surface area contributed by atoms with Crippen molar-refractivity contribution in [2.45, 2.75) is 6.61 Å². The van der Waals surface area contributed by atoms with Crippen molar-refractivity contribution >= 4 is 21.6 Å². The summed E-state index contributed by atoms with van der Waals surface area (Å²) < 4.78 is 6.55. The first-order valence-corrected chi connectivity index (χ1v) is 5.63. The lowest BCUT2D eigenvalue weighted by molar-refractivity contribution is 0.296. The summed E-state index contributed by atoms with van der Waals surface area (Å²) in [5.41, 5.74) is 7.34. The maximum atomic E-state index is 5.72. The SMILES string of the molecule is Nc1cccnc1OCc1cccc(Br)c1. The summed E-state index contributed by atoms with van der Waals surface area (Å²) in [6, 6.07) is 11.5. The molecule has 0 saturated heterocycles. The summed E-state index contributed by atoms with van der Waals surface area (Å²) in [6.07, 6.45) is 1.66. The van der Waals surface area contributed by atoms with E-state index in [1.54, 1.807) is 18.3 Å². The first kappa shape index (κ1) is 11.0. The molecule has 16 heavy (non-hydrogen) atoms. The first-order chi connectivity index (χ1) is 7.75. The molecule has 0 aliphatic rings. The third kappa shape index (κ3) is 2.73. The minimum absolute atomic E-state index is 0.459. The number of anilines is 1. The number of pyridine rings is 1. The number of aromatic nitrogens is 1. The summed E-state index contributed by atoms with van der Waals surface area (Å²) in [5.74, 6) is 0.475. The Morgan fingerprint density at radius 3 is 2.88 bits per heavy atom. The molecule has 0 unspecified atom stereocenters. The average Bonchev–Trinajstić information content (AvgIpc) is 2.28. The molecule has 2 N–H and O–H groups in total. The van der Waals surface area contributed by atoms with Crippen LogP contribution in [0.15, 0.2) is 47.1 Å². The summed E-state index contributed by atoms with van der Waals surface area (Å²) in [5, 5.41) is 0. The minimum atomic E-state index is 0.459. The van der Waals surface area contributed by atoms with Crippen LogP contribution in [-0.4, -0.2) is 4.98 Å². The molecule has 82 valence electrons. The van der Waals surface area contributed by atoms with Crippen LogP contribution in [0.5, 0.6) is 5.88 Å². The molecule has 0 aliphatic heterocycles. The monoisotopic (exact) mass is 278 g/mol. The zero-order chi connectivity index (χ0) is 11.4. The Balaban J connectivity index is 2.05. The molecular formula is C12H11BrN2O. The summed E-state index contributed by atoms with van der Waals surface area (Å²) in [4.78, 5) is 4.06. The maximum absolute atomic E-state index is 5.72. The van der Waals surface area contributed by atoms with E-state index in [0.717, 1.165) is 10.0 Å². The third-order valence-electron chi connectivity index (χ3n) is 2.07. The summed E-state index contributed by atoms with van der Waals surface area (Å²) in [6.45, 7) is 0.459. The molecule has 0 saturated carbocycles. The highest BCUT2D eigenvalue weighted by molar-refractivity contribution is 9.10. The van der Waals surface area contributed by atoms with Gasteiger partial charge in [-0.3, -0.25) is 0 Å². The molecule has 0 spiro atoms. The van der Waals surface area contributed by atoms with Gasteiger partial charge in [-0.05, 0) is 29.8 Å². The van der Waals surface area contributed by atoms with Gasteiger partial charge in [-0.15, -0.1) is 0 Å². The molecule has 0 amide bonds. The van der Waals surface area contributed by atoms with Crippen molar-refractivity contribution in [3.8, 4) is 5.88 Å². The van der Waals surface area contributed by atoms with Gasteiger partial charge in [0, 0.05) is 10.7 Å². The van der Waals surface area contributed by atoms with Crippen LogP contribution < -0.4 is 10.5 Å². The fourth-order valence-corrected chi connectivity index (χ4v) is 1.75. The lowest BCUT2D eigenvalue weighted by Crippen LogP contribution is -2.00. The molecule has 2 rings (SSSR count). The van der Waals surface area contributed by atoms with Crippen LogP contribution in [0.25, 0.3) is 0 Å². The van der Waals surface area contributed by atoms with Gasteiger partial charge < -0.3 is 10.5 Å². The van der Waals surface area contributed by atoms with Gasteiger partial charge in [-0.2, -0.15) is 0 Å². The number of nitrogens with zero attached hydrogens (tertiary/aromatic N) is 1. The van der Waals surface area contributed by atoms with Crippen LogP contribution in [-0.2, 0) is 6.61 Å². The van der Waals surface area contributed by atoms with Crippen molar-refractivity contribution in [3.63, 3.8) is 0 Å². The molecule has 3 nitrogen and oxygen atoms in total. The average molecular weight is 279 g/mol.